The van der Waals surface area contributed by atoms with Crippen LogP contribution in [0, 0.1) is 20.8 Å². The van der Waals surface area contributed by atoms with Gasteiger partial charge in [-0.1, -0.05) is 97.8 Å². The highest BCUT2D eigenvalue weighted by Crippen LogP contribution is 2.42. The molecule has 0 heterocycles. The number of nitrogens with one attached hydrogen (secondary N) is 2. The Bertz CT molecular complexity index is 2460. The van der Waals surface area contributed by atoms with Gasteiger partial charge in [0.25, 0.3) is 0 Å². The first-order valence-electron chi connectivity index (χ1n) is 21.5. The van der Waals surface area contributed by atoms with E-state index in [4.69, 9.17) is 0 Å². The Balaban J connectivity index is 0.000000592. The Kier molecular flexibility index (Phi) is 19.9. The van der Waals surface area contributed by atoms with Crippen molar-refractivity contribution in [3.05, 3.63) is 161 Å². The summed E-state index contributed by atoms with van der Waals surface area (Å²) in [5.41, 5.74) is 7.57. The van der Waals surface area contributed by atoms with Crippen molar-refractivity contribution in [2.24, 2.45) is 0 Å². The fourth-order valence-electron chi connectivity index (χ4n) is 7.38. The maximum atomic E-state index is 12.9. The van der Waals surface area contributed by atoms with Gasteiger partial charge >= 0.3 is 16.7 Å². The molecule has 0 fully saturated rings. The molecule has 3 atom stereocenters. The number of hydrogen-bond acceptors (Lipinski definition) is 5. The lowest BCUT2D eigenvalue weighted by molar-refractivity contribution is -0.134. The lowest BCUT2D eigenvalue weighted by Gasteiger charge is -2.28. The van der Waals surface area contributed by atoms with E-state index < -0.39 is 46.0 Å². The lowest BCUT2D eigenvalue weighted by atomic mass is 9.80. The van der Waals surface area contributed by atoms with Crippen molar-refractivity contribution in [1.82, 2.24) is 4.13 Å². The normalized spacial score (nSPS) is 12.6. The Hall–Kier alpha value is -4.69. The van der Waals surface area contributed by atoms with Gasteiger partial charge in [0.05, 0.1) is 0 Å². The van der Waals surface area contributed by atoms with Gasteiger partial charge in [-0.2, -0.15) is 39.3 Å². The Morgan fingerprint density at radius 2 is 1.11 bits per heavy atom. The Labute approximate surface area is 392 Å². The van der Waals surface area contributed by atoms with Crippen molar-refractivity contribution in [2.45, 2.75) is 83.9 Å². The molecule has 3 unspecified atom stereocenters. The van der Waals surface area contributed by atoms with Crippen LogP contribution in [0.5, 0.6) is 0 Å². The second-order valence-corrected chi connectivity index (χ2v) is 18.6. The Morgan fingerprint density at radius 3 is 1.58 bits per heavy atom. The SMILES string of the molecule is CC.CCN(c1ccc(C)cc1)c1ccc(C(c2ccc(N(CC)c3ccc(C)cc3)cc2C)c2ccc(NCCCC(F)(F)F)c3ccccc23)cc1.O=S(NSC(F)(F)P)C(F)(F)F. The first kappa shape index (κ1) is 53.9. The molecule has 2 N–H and O–H groups in total. The third-order valence-corrected chi connectivity index (χ3v) is 12.4. The van der Waals surface area contributed by atoms with Crippen LogP contribution in [-0.2, 0) is 11.0 Å². The van der Waals surface area contributed by atoms with E-state index in [1.807, 2.05) is 32.0 Å². The molecule has 0 aliphatic carbocycles. The maximum absolute atomic E-state index is 12.9. The number of nitrogens with zero attached hydrogens (tertiary/aromatic N) is 2. The van der Waals surface area contributed by atoms with E-state index in [1.54, 1.807) is 0 Å². The van der Waals surface area contributed by atoms with Crippen LogP contribution in [0.2, 0.25) is 0 Å². The third kappa shape index (κ3) is 15.4. The van der Waals surface area contributed by atoms with Gasteiger partial charge < -0.3 is 15.1 Å². The van der Waals surface area contributed by atoms with E-state index in [0.29, 0.717) is 0 Å². The molecule has 6 aromatic rings. The van der Waals surface area contributed by atoms with E-state index >= 15 is 0 Å². The number of rotatable bonds is 16. The summed E-state index contributed by atoms with van der Waals surface area (Å²) in [5.74, 6) is -0.0869. The summed E-state index contributed by atoms with van der Waals surface area (Å²) in [6.45, 7) is 16.7. The largest absolute Gasteiger partial charge is 0.486 e. The molecule has 6 rings (SSSR count). The zero-order valence-electron chi connectivity index (χ0n) is 38.0. The van der Waals surface area contributed by atoms with Crippen LogP contribution < -0.4 is 19.2 Å². The van der Waals surface area contributed by atoms with Crippen molar-refractivity contribution < 1.29 is 39.3 Å². The minimum atomic E-state index is -5.02. The monoisotopic (exact) mass is 976 g/mol. The minimum Gasteiger partial charge on any atom is -0.385 e. The molecule has 0 amide bonds. The molecule has 0 saturated heterocycles. The molecular weight excluding hydrogens is 920 g/mol. The number of anilines is 5. The highest BCUT2D eigenvalue weighted by Gasteiger charge is 2.39. The van der Waals surface area contributed by atoms with E-state index in [0.717, 1.165) is 71.2 Å². The van der Waals surface area contributed by atoms with Gasteiger partial charge in [0, 0.05) is 77.7 Å². The fraction of sp³-hybridized carbons (Fsp3) is 0.320. The van der Waals surface area contributed by atoms with Crippen LogP contribution in [-0.4, -0.2) is 40.5 Å². The van der Waals surface area contributed by atoms with Gasteiger partial charge in [-0.05, 0) is 133 Å². The van der Waals surface area contributed by atoms with Crippen LogP contribution in [0.1, 0.15) is 79.8 Å². The number of benzene rings is 6. The van der Waals surface area contributed by atoms with Crippen molar-refractivity contribution in [3.63, 3.8) is 0 Å². The predicted octanol–water partition coefficient (Wildman–Crippen LogP) is 15.9. The number of halogens is 8. The molecule has 5 nitrogen and oxygen atoms in total. The second-order valence-electron chi connectivity index (χ2n) is 15.1. The summed E-state index contributed by atoms with van der Waals surface area (Å²) in [7, 11) is -2.48. The van der Waals surface area contributed by atoms with Crippen molar-refractivity contribution in [2.75, 3.05) is 34.8 Å². The molecule has 0 spiro atoms. The van der Waals surface area contributed by atoms with Crippen LogP contribution in [0.3, 0.4) is 0 Å². The molecule has 0 radical (unpaired) electrons. The molecule has 0 bridgehead atoms. The van der Waals surface area contributed by atoms with Crippen molar-refractivity contribution >= 4 is 71.4 Å². The Morgan fingerprint density at radius 1 is 0.636 bits per heavy atom. The zero-order chi connectivity index (χ0) is 48.8. The van der Waals surface area contributed by atoms with E-state index in [-0.39, 0.29) is 18.9 Å². The van der Waals surface area contributed by atoms with E-state index in [9.17, 15) is 39.3 Å². The van der Waals surface area contributed by atoms with Gasteiger partial charge in [-0.3, -0.25) is 0 Å². The van der Waals surface area contributed by atoms with E-state index in [1.165, 1.54) is 27.8 Å². The number of fused-ring (bicyclic) bond motifs is 1. The summed E-state index contributed by atoms with van der Waals surface area (Å²) in [6.07, 6.45) is -4.94. The molecule has 0 aliphatic heterocycles. The number of aryl methyl sites for hydroxylation is 3. The van der Waals surface area contributed by atoms with Gasteiger partial charge in [-0.15, -0.1) is 0 Å². The molecule has 66 heavy (non-hydrogen) atoms. The summed E-state index contributed by atoms with van der Waals surface area (Å²) < 4.78 is 108. The maximum Gasteiger partial charge on any atom is 0.486 e. The first-order valence-corrected chi connectivity index (χ1v) is 24.0. The van der Waals surface area contributed by atoms with E-state index in [2.05, 4.69) is 159 Å². The summed E-state index contributed by atoms with van der Waals surface area (Å²) in [4.78, 5) is 1.18. The summed E-state index contributed by atoms with van der Waals surface area (Å²) in [6, 6.07) is 45.4. The molecule has 0 saturated carbocycles. The quantitative estimate of drug-likeness (QED) is 0.0333. The topological polar surface area (TPSA) is 47.6 Å². The smallest absolute Gasteiger partial charge is 0.385 e. The predicted molar refractivity (Wildman–Crippen MR) is 265 cm³/mol. The molecule has 6 aromatic carbocycles. The van der Waals surface area contributed by atoms with Gasteiger partial charge in [0.1, 0.15) is 0 Å². The highest BCUT2D eigenvalue weighted by atomic mass is 32.2. The highest BCUT2D eigenvalue weighted by molar-refractivity contribution is 8.10. The standard InChI is InChI=1S/C46H48F3N3.C2H3F5NOPS2.C2H6/c1-6-51(36-19-13-32(3)14-20-36)38-23-17-35(18-24-38)45(40-26-25-39(31-34(40)5)52(7-2)37-21-15-33(4)16-22-37)43-27-28-44(42-12-9-8-11-41(42)43)50-30-10-29-46(47,48)49;3-1(4,5)12(9)8-11-2(6,7)10;1-2/h8-9,11-28,31,45,50H,6-7,10,29-30H2,1-5H3;8H,10H2;1-2H3. The van der Waals surface area contributed by atoms with Crippen molar-refractivity contribution in [1.29, 1.82) is 0 Å². The minimum absolute atomic E-state index is 0.0226. The average molecular weight is 977 g/mol. The molecule has 356 valence electrons. The van der Waals surface area contributed by atoms with Gasteiger partial charge in [0.15, 0.2) is 0 Å². The lowest BCUT2D eigenvalue weighted by Crippen LogP contribution is -2.27. The molecule has 0 aliphatic rings. The van der Waals surface area contributed by atoms with Crippen LogP contribution in [0.4, 0.5) is 63.6 Å². The van der Waals surface area contributed by atoms with Crippen LogP contribution >= 0.6 is 21.2 Å². The van der Waals surface area contributed by atoms with Gasteiger partial charge in [0.2, 0.25) is 11.0 Å². The van der Waals surface area contributed by atoms with Crippen LogP contribution in [0.25, 0.3) is 10.8 Å². The number of hydrogen-bond donors (Lipinski definition) is 2. The summed E-state index contributed by atoms with van der Waals surface area (Å²) in [5, 5.41) is 5.37. The molecule has 0 aromatic heterocycles. The second kappa shape index (κ2) is 24.4. The zero-order valence-corrected chi connectivity index (χ0v) is 40.7. The first-order chi connectivity index (χ1) is 31.2. The number of alkyl halides is 8. The van der Waals surface area contributed by atoms with Crippen molar-refractivity contribution in [3.8, 4) is 0 Å². The van der Waals surface area contributed by atoms with Crippen LogP contribution in [0.15, 0.2) is 127 Å². The fourth-order valence-corrected chi connectivity index (χ4v) is 8.94. The van der Waals surface area contributed by atoms with Gasteiger partial charge in [-0.25, -0.2) is 4.21 Å². The average Bonchev–Trinajstić information content (AvgIpc) is 3.27. The molecular formula is C50H57F8N4OPS2. The summed E-state index contributed by atoms with van der Waals surface area (Å²) >= 11 is -0.572. The third-order valence-electron chi connectivity index (χ3n) is 10.4. The molecule has 16 heteroatoms.